The van der Waals surface area contributed by atoms with E-state index in [1.807, 2.05) is 94.4 Å². The number of para-hydroxylation sites is 1. The van der Waals surface area contributed by atoms with Crippen LogP contribution in [0.4, 0.5) is 14.5 Å². The maximum Gasteiger partial charge on any atom is 0.410 e. The largest absolute Gasteiger partial charge is 0.438 e. The van der Waals surface area contributed by atoms with E-state index < -0.39 is 138 Å². The van der Waals surface area contributed by atoms with Crippen molar-refractivity contribution in [3.8, 4) is 10.4 Å². The number of allylic oxidation sites excluding steroid dienone is 2. The van der Waals surface area contributed by atoms with Crippen molar-refractivity contribution in [2.75, 3.05) is 25.0 Å². The van der Waals surface area contributed by atoms with Crippen LogP contribution < -0.4 is 26.6 Å². The minimum absolute atomic E-state index is 0.0508. The summed E-state index contributed by atoms with van der Waals surface area (Å²) in [6.45, 7) is 17.8. The van der Waals surface area contributed by atoms with Gasteiger partial charge in [-0.3, -0.25) is 61.7 Å². The van der Waals surface area contributed by atoms with Crippen molar-refractivity contribution < 1.29 is 84.9 Å². The van der Waals surface area contributed by atoms with Crippen molar-refractivity contribution in [3.63, 3.8) is 0 Å². The number of aromatic nitrogens is 1. The molecule has 5 aromatic rings. The Morgan fingerprint density at radius 1 is 0.796 bits per heavy atom. The first-order valence-electron chi connectivity index (χ1n) is 34.6. The summed E-state index contributed by atoms with van der Waals surface area (Å²) in [7, 11) is -5.61. The highest BCUT2D eigenvalue weighted by Crippen LogP contribution is 2.67. The Morgan fingerprint density at radius 2 is 1.41 bits per heavy atom. The van der Waals surface area contributed by atoms with E-state index in [-0.39, 0.29) is 70.5 Å². The van der Waals surface area contributed by atoms with Gasteiger partial charge in [-0.15, -0.1) is 11.3 Å². The summed E-state index contributed by atoms with van der Waals surface area (Å²) in [5, 5.41) is 19.6. The Morgan fingerprint density at radius 3 is 2.00 bits per heavy atom. The van der Waals surface area contributed by atoms with Gasteiger partial charge in [0.2, 0.25) is 49.0 Å². The minimum atomic E-state index is -5.61. The number of amides is 6. The predicted octanol–water partition coefficient (Wildman–Crippen LogP) is 10.9. The molecule has 3 aliphatic rings. The van der Waals surface area contributed by atoms with E-state index in [2.05, 4.69) is 20.9 Å². The van der Waals surface area contributed by atoms with Crippen molar-refractivity contribution in [3.05, 3.63) is 147 Å². The molecule has 0 spiro atoms. The van der Waals surface area contributed by atoms with Gasteiger partial charge in [0.1, 0.15) is 18.1 Å². The number of β-amino-alcohol motifs (C(OH)–C–C–N with tert-alkyl or cyclic N) is 1. The van der Waals surface area contributed by atoms with E-state index in [9.17, 15) is 52.8 Å². The number of benzene rings is 4. The van der Waals surface area contributed by atoms with Gasteiger partial charge in [-0.05, 0) is 150 Å². The van der Waals surface area contributed by atoms with Gasteiger partial charge in [0.05, 0.1) is 57.5 Å². The van der Waals surface area contributed by atoms with Gasteiger partial charge in [0.25, 0.3) is 0 Å². The number of esters is 2. The Bertz CT molecular complexity index is 3960. The van der Waals surface area contributed by atoms with Crippen LogP contribution in [0.1, 0.15) is 166 Å². The molecular weight excluding hydrogens is 1370 g/mol. The molecular formula is C76H96F2N7O16PS. The number of likely N-dealkylation sites (tertiary alicyclic amines) is 1. The van der Waals surface area contributed by atoms with Gasteiger partial charge in [0, 0.05) is 56.7 Å². The molecule has 0 bridgehead atoms. The number of aryl methyl sites for hydroxylation is 3. The number of thiazole rings is 1. The maximum absolute atomic E-state index is 16.3. The van der Waals surface area contributed by atoms with E-state index in [1.54, 1.807) is 30.7 Å². The van der Waals surface area contributed by atoms with Crippen molar-refractivity contribution in [2.24, 2.45) is 27.9 Å². The number of nitrogens with zero attached hydrogens (tertiary/aromatic N) is 3. The van der Waals surface area contributed by atoms with E-state index in [4.69, 9.17) is 29.0 Å². The third kappa shape index (κ3) is 20.7. The fourth-order valence-corrected chi connectivity index (χ4v) is 14.4. The second-order valence-corrected chi connectivity index (χ2v) is 32.7. The first-order valence-corrected chi connectivity index (χ1v) is 37.0. The first-order chi connectivity index (χ1) is 48.3. The molecule has 4 aromatic carbocycles. The molecule has 7 atom stereocenters. The summed E-state index contributed by atoms with van der Waals surface area (Å²) < 4.78 is 72.7. The summed E-state index contributed by atoms with van der Waals surface area (Å²) in [6.07, 6.45) is 1.51. The van der Waals surface area contributed by atoms with Gasteiger partial charge in [-0.2, -0.15) is 8.78 Å². The number of aliphatic hydroxyl groups excluding tert-OH is 1. The molecule has 1 saturated heterocycles. The molecule has 1 aromatic heterocycles. The molecule has 556 valence electrons. The van der Waals surface area contributed by atoms with Crippen molar-refractivity contribution in [1.29, 1.82) is 0 Å². The number of ether oxygens (including phenoxy) is 3. The lowest BCUT2D eigenvalue weighted by atomic mass is 9.85. The lowest BCUT2D eigenvalue weighted by Gasteiger charge is -2.35. The molecule has 0 unspecified atom stereocenters. The zero-order valence-electron chi connectivity index (χ0n) is 60.6. The van der Waals surface area contributed by atoms with Gasteiger partial charge >= 0.3 is 25.2 Å². The Labute approximate surface area is 604 Å². The quantitative estimate of drug-likeness (QED) is 0.0119. The van der Waals surface area contributed by atoms with E-state index >= 15 is 8.78 Å². The lowest BCUT2D eigenvalue weighted by Crippen LogP contribution is -2.57. The van der Waals surface area contributed by atoms with Crippen LogP contribution in [0.2, 0.25) is 0 Å². The molecule has 3 aliphatic heterocycles. The number of anilines is 1. The highest BCUT2D eigenvalue weighted by Gasteiger charge is 2.56. The maximum atomic E-state index is 16.3. The minimum Gasteiger partial charge on any atom is -0.438 e. The second kappa shape index (κ2) is 34.0. The number of rotatable bonds is 31. The number of ketones is 1. The Balaban J connectivity index is 0.840. The first kappa shape index (κ1) is 80.3. The third-order valence-corrected chi connectivity index (χ3v) is 21.3. The molecule has 4 heterocycles. The zero-order valence-corrected chi connectivity index (χ0v) is 62.3. The molecule has 6 amide bonds. The number of carbonyl (C=O) groups is 9. The van der Waals surface area contributed by atoms with Crippen LogP contribution in [0.3, 0.4) is 0 Å². The smallest absolute Gasteiger partial charge is 0.410 e. The highest BCUT2D eigenvalue weighted by molar-refractivity contribution is 7.54. The fourth-order valence-electron chi connectivity index (χ4n) is 12.4. The molecule has 6 N–H and O–H groups in total. The monoisotopic (exact) mass is 1460 g/mol. The number of halogens is 2. The Kier molecular flexibility index (Phi) is 26.5. The van der Waals surface area contributed by atoms with Gasteiger partial charge in [0.15, 0.2) is 5.78 Å². The van der Waals surface area contributed by atoms with Crippen LogP contribution in [-0.4, -0.2) is 125 Å². The SMILES string of the molecule is C/C(=C\C(=O)C[C@H]1CCc2cccc3c2N(C1=O)[C@H](C(=O)N[C@@H](CCC(N)=O)[C@@H](C)OCc1ccc(CCCC(=O)N[C@H](C(=O)N2C[C@H](O)C[C@H]2C(=O)NCc2ccc(-c4scnc4C)cc2)C(C)(C)C)cc1)C3)c1ccc(C(F)(F)P(=O)(OCOC(=O)C(C)(C)C)OCOC(=O)C(C)(C)C)cc1. The number of aliphatic hydroxyl groups is 1. The highest BCUT2D eigenvalue weighted by atomic mass is 32.1. The summed E-state index contributed by atoms with van der Waals surface area (Å²) >= 11 is 1.55. The van der Waals surface area contributed by atoms with Crippen LogP contribution in [-0.2, 0) is 109 Å². The van der Waals surface area contributed by atoms with Crippen LogP contribution in [0.25, 0.3) is 16.0 Å². The number of alkyl halides is 2. The average molecular weight is 1460 g/mol. The number of nitrogens with one attached hydrogen (secondary N) is 3. The van der Waals surface area contributed by atoms with Crippen molar-refractivity contribution in [1.82, 2.24) is 25.8 Å². The zero-order chi connectivity index (χ0) is 75.5. The van der Waals surface area contributed by atoms with E-state index in [1.165, 1.54) is 69.6 Å². The number of nitrogens with two attached hydrogens (primary N) is 1. The third-order valence-electron chi connectivity index (χ3n) is 18.4. The molecule has 8 rings (SSSR count). The summed E-state index contributed by atoms with van der Waals surface area (Å²) in [5.74, 6) is -5.73. The molecule has 1 fully saturated rings. The van der Waals surface area contributed by atoms with E-state index in [0.717, 1.165) is 56.1 Å². The molecule has 27 heteroatoms. The van der Waals surface area contributed by atoms with Crippen molar-refractivity contribution in [2.45, 2.75) is 202 Å². The van der Waals surface area contributed by atoms with Gasteiger partial charge in [-0.1, -0.05) is 112 Å². The standard InChI is InChI=1S/C76H96F2N7O16PS/c1-45(51-29-31-56(32-30-51)76(77,78)102(96,100-43-98-71(94)74(7,8)9)101-44-99-72(95)75(10,11)12)35-57(86)36-55-28-27-52-16-14-17-54-37-61(85(64(52)54)69(55)92)68(91)82-59(33-34-62(79)88)47(3)97-41-50-21-19-48(20-22-50)15-13-18-63(89)83-66(73(4,5)6)70(93)84-40-58(87)38-60(84)67(90)80-39-49-23-25-53(26-24-49)65-46(2)81-42-103-65/h14,16-17,19-26,29-32,35,42,47,55,58-61,66,87H,13,15,18,27-28,33-34,36-41,43-44H2,1-12H3,(H2,79,88)(H,80,90)(H,82,91)(H,83,89)/b45-35+/t47-,55-,58-,59+,60+,61+,66-/m1/s1. The lowest BCUT2D eigenvalue weighted by molar-refractivity contribution is -0.163. The van der Waals surface area contributed by atoms with Crippen LogP contribution in [0.15, 0.2) is 103 Å². The fraction of sp³-hybridized carbons (Fsp3) is 0.500. The van der Waals surface area contributed by atoms with Crippen LogP contribution in [0.5, 0.6) is 0 Å². The Hall–Kier alpha value is -8.39. The molecule has 0 saturated carbocycles. The number of carbonyl (C=O) groups excluding carboxylic acids is 9. The normalized spacial score (nSPS) is 18.1. The number of primary amides is 1. The average Bonchev–Trinajstić information content (AvgIpc) is 1.66. The van der Waals surface area contributed by atoms with Crippen molar-refractivity contribution >= 4 is 83.4 Å². The summed E-state index contributed by atoms with van der Waals surface area (Å²) in [6, 6.07) is 21.7. The van der Waals surface area contributed by atoms with E-state index in [0.29, 0.717) is 36.1 Å². The summed E-state index contributed by atoms with van der Waals surface area (Å²) in [5.41, 5.74) is 6.76. The van der Waals surface area contributed by atoms with Gasteiger partial charge < -0.3 is 45.9 Å². The number of hydrogen-bond donors (Lipinski definition) is 5. The molecule has 23 nitrogen and oxygen atoms in total. The predicted molar refractivity (Wildman–Crippen MR) is 383 cm³/mol. The van der Waals surface area contributed by atoms with Gasteiger partial charge in [-0.25, -0.2) is 4.98 Å². The summed E-state index contributed by atoms with van der Waals surface area (Å²) in [4.78, 5) is 130. The van der Waals surface area contributed by atoms with Crippen LogP contribution >= 0.6 is 18.9 Å². The molecule has 0 radical (unpaired) electrons. The second-order valence-electron chi connectivity index (χ2n) is 29.8. The molecule has 0 aliphatic carbocycles. The topological polar surface area (TPSA) is 319 Å². The molecule has 103 heavy (non-hydrogen) atoms. The number of hydrogen-bond acceptors (Lipinski definition) is 18. The van der Waals surface area contributed by atoms with Crippen LogP contribution in [0, 0.1) is 29.1 Å².